The summed E-state index contributed by atoms with van der Waals surface area (Å²) in [7, 11) is 0. The Morgan fingerprint density at radius 2 is 1.97 bits per heavy atom. The highest BCUT2D eigenvalue weighted by Crippen LogP contribution is 2.41. The molecule has 2 aliphatic rings. The third kappa shape index (κ3) is 5.29. The molecule has 0 aromatic carbocycles. The molecule has 0 amide bonds. The molecule has 4 nitrogen and oxygen atoms in total. The fraction of sp³-hybridized carbons (Fsp3) is 0.600. The first-order valence-electron chi connectivity index (χ1n) is 11.0. The van der Waals surface area contributed by atoms with Crippen molar-refractivity contribution >= 4 is 11.6 Å². The van der Waals surface area contributed by atoms with E-state index in [4.69, 9.17) is 0 Å². The Hall–Kier alpha value is -2.10. The molecule has 2 atom stereocenters. The number of nitrogens with one attached hydrogen (secondary N) is 1. The Morgan fingerprint density at radius 1 is 1.28 bits per heavy atom. The summed E-state index contributed by atoms with van der Waals surface area (Å²) in [6, 6.07) is 0. The molecule has 0 aromatic rings. The van der Waals surface area contributed by atoms with E-state index in [2.05, 4.69) is 32.7 Å². The number of aliphatic hydroxyl groups is 1. The predicted molar refractivity (Wildman–Crippen MR) is 118 cm³/mol. The number of hydrogen-bond donors (Lipinski definition) is 2. The lowest BCUT2D eigenvalue weighted by Crippen LogP contribution is -2.37. The maximum absolute atomic E-state index is 13.1. The number of rotatable bonds is 9. The van der Waals surface area contributed by atoms with Gasteiger partial charge in [-0.15, -0.1) is 0 Å². The minimum atomic E-state index is -0.550. The SMILES string of the molecule is C=C(C)[C@@H]1CCC(C)=C[C@H]1C1=C(O)C(NCC(C)C)=C(CCCCC)C(=O)C1=O. The molecule has 0 aromatic heterocycles. The normalized spacial score (nSPS) is 23.0. The summed E-state index contributed by atoms with van der Waals surface area (Å²) in [4.78, 5) is 26.2. The zero-order valence-corrected chi connectivity index (χ0v) is 18.7. The van der Waals surface area contributed by atoms with Gasteiger partial charge in [0.05, 0.1) is 11.3 Å². The molecule has 29 heavy (non-hydrogen) atoms. The van der Waals surface area contributed by atoms with Crippen LogP contribution >= 0.6 is 0 Å². The van der Waals surface area contributed by atoms with Crippen molar-refractivity contribution in [2.45, 2.75) is 73.1 Å². The number of Topliss-reactive ketones (excluding diaryl/α,β-unsaturated/α-hetero) is 2. The van der Waals surface area contributed by atoms with E-state index in [9.17, 15) is 14.7 Å². The second-order valence-corrected chi connectivity index (χ2v) is 9.04. The molecule has 0 heterocycles. The van der Waals surface area contributed by atoms with E-state index in [1.807, 2.05) is 19.9 Å². The molecule has 0 saturated heterocycles. The molecule has 0 unspecified atom stereocenters. The van der Waals surface area contributed by atoms with Gasteiger partial charge in [0.1, 0.15) is 5.76 Å². The molecule has 0 radical (unpaired) electrons. The third-order valence-electron chi connectivity index (χ3n) is 5.95. The number of unbranched alkanes of at least 4 members (excludes halogenated alkanes) is 2. The Balaban J connectivity index is 2.57. The molecule has 2 rings (SSSR count). The van der Waals surface area contributed by atoms with Gasteiger partial charge in [0.2, 0.25) is 11.6 Å². The summed E-state index contributed by atoms with van der Waals surface area (Å²) in [6.45, 7) is 15.0. The molecule has 4 heteroatoms. The Morgan fingerprint density at radius 3 is 2.55 bits per heavy atom. The van der Waals surface area contributed by atoms with Crippen LogP contribution in [0.3, 0.4) is 0 Å². The Labute approximate surface area is 175 Å². The zero-order chi connectivity index (χ0) is 21.7. The fourth-order valence-electron chi connectivity index (χ4n) is 4.26. The lowest BCUT2D eigenvalue weighted by molar-refractivity contribution is -0.133. The van der Waals surface area contributed by atoms with Crippen molar-refractivity contribution in [3.8, 4) is 0 Å². The van der Waals surface area contributed by atoms with Gasteiger partial charge in [0, 0.05) is 18.0 Å². The summed E-state index contributed by atoms with van der Waals surface area (Å²) in [6.07, 6.45) is 7.23. The molecular weight excluding hydrogens is 362 g/mol. The summed E-state index contributed by atoms with van der Waals surface area (Å²) >= 11 is 0. The van der Waals surface area contributed by atoms with E-state index in [1.54, 1.807) is 0 Å². The highest BCUT2D eigenvalue weighted by molar-refractivity contribution is 6.50. The monoisotopic (exact) mass is 399 g/mol. The maximum Gasteiger partial charge on any atom is 0.233 e. The largest absolute Gasteiger partial charge is 0.505 e. The molecule has 0 spiro atoms. The van der Waals surface area contributed by atoms with Gasteiger partial charge < -0.3 is 10.4 Å². The molecule has 2 aliphatic carbocycles. The first-order valence-corrected chi connectivity index (χ1v) is 11.0. The zero-order valence-electron chi connectivity index (χ0n) is 18.7. The number of carbonyl (C=O) groups is 2. The molecule has 160 valence electrons. The van der Waals surface area contributed by atoms with Crippen LogP contribution in [0.1, 0.15) is 73.1 Å². The van der Waals surface area contributed by atoms with Crippen molar-refractivity contribution in [2.75, 3.05) is 6.54 Å². The second kappa shape index (κ2) is 10.1. The van der Waals surface area contributed by atoms with E-state index < -0.39 is 11.6 Å². The van der Waals surface area contributed by atoms with E-state index in [0.717, 1.165) is 37.7 Å². The minimum Gasteiger partial charge on any atom is -0.505 e. The smallest absolute Gasteiger partial charge is 0.233 e. The van der Waals surface area contributed by atoms with Gasteiger partial charge in [-0.25, -0.2) is 0 Å². The van der Waals surface area contributed by atoms with E-state index in [1.165, 1.54) is 5.57 Å². The summed E-state index contributed by atoms with van der Waals surface area (Å²) in [5.74, 6) is -0.942. The van der Waals surface area contributed by atoms with Gasteiger partial charge in [-0.1, -0.05) is 57.4 Å². The second-order valence-electron chi connectivity index (χ2n) is 9.04. The lowest BCUT2D eigenvalue weighted by Gasteiger charge is -2.34. The predicted octanol–water partition coefficient (Wildman–Crippen LogP) is 5.58. The lowest BCUT2D eigenvalue weighted by atomic mass is 9.70. The Kier molecular flexibility index (Phi) is 8.06. The van der Waals surface area contributed by atoms with Gasteiger partial charge in [-0.05, 0) is 51.4 Å². The number of allylic oxidation sites excluding steroid dienone is 5. The minimum absolute atomic E-state index is 0.0380. The number of aliphatic hydroxyl groups excluding tert-OH is 1. The van der Waals surface area contributed by atoms with Crippen molar-refractivity contribution in [2.24, 2.45) is 17.8 Å². The van der Waals surface area contributed by atoms with Crippen LogP contribution in [-0.4, -0.2) is 23.2 Å². The van der Waals surface area contributed by atoms with Crippen LogP contribution < -0.4 is 5.32 Å². The fourth-order valence-corrected chi connectivity index (χ4v) is 4.26. The Bertz CT molecular complexity index is 767. The highest BCUT2D eigenvalue weighted by atomic mass is 16.3. The highest BCUT2D eigenvalue weighted by Gasteiger charge is 2.41. The van der Waals surface area contributed by atoms with Crippen LogP contribution in [0.25, 0.3) is 0 Å². The van der Waals surface area contributed by atoms with E-state index in [0.29, 0.717) is 30.2 Å². The molecular formula is C25H37NO3. The van der Waals surface area contributed by atoms with Crippen molar-refractivity contribution in [3.63, 3.8) is 0 Å². The van der Waals surface area contributed by atoms with Gasteiger partial charge in [0.25, 0.3) is 0 Å². The van der Waals surface area contributed by atoms with Crippen LogP contribution in [-0.2, 0) is 9.59 Å². The van der Waals surface area contributed by atoms with Crippen LogP contribution in [0.2, 0.25) is 0 Å². The van der Waals surface area contributed by atoms with E-state index in [-0.39, 0.29) is 23.2 Å². The average molecular weight is 400 g/mol. The quantitative estimate of drug-likeness (QED) is 0.230. The molecule has 0 bridgehead atoms. The summed E-state index contributed by atoms with van der Waals surface area (Å²) in [5.41, 5.74) is 3.31. The van der Waals surface area contributed by atoms with Crippen molar-refractivity contribution < 1.29 is 14.7 Å². The van der Waals surface area contributed by atoms with Crippen LogP contribution in [0.15, 0.2) is 46.4 Å². The van der Waals surface area contributed by atoms with Gasteiger partial charge in [-0.2, -0.15) is 0 Å². The summed E-state index contributed by atoms with van der Waals surface area (Å²) < 4.78 is 0. The van der Waals surface area contributed by atoms with Gasteiger partial charge >= 0.3 is 0 Å². The van der Waals surface area contributed by atoms with Crippen LogP contribution in [0, 0.1) is 17.8 Å². The number of carbonyl (C=O) groups excluding carboxylic acids is 2. The molecule has 2 N–H and O–H groups in total. The first-order chi connectivity index (χ1) is 13.7. The number of hydrogen-bond acceptors (Lipinski definition) is 4. The van der Waals surface area contributed by atoms with Gasteiger partial charge in [-0.3, -0.25) is 9.59 Å². The van der Waals surface area contributed by atoms with Crippen molar-refractivity contribution in [3.05, 3.63) is 46.4 Å². The number of ketones is 2. The third-order valence-corrected chi connectivity index (χ3v) is 5.95. The van der Waals surface area contributed by atoms with Crippen molar-refractivity contribution in [1.29, 1.82) is 0 Å². The molecule has 0 fully saturated rings. The summed E-state index contributed by atoms with van der Waals surface area (Å²) in [5, 5.41) is 14.5. The van der Waals surface area contributed by atoms with Crippen LogP contribution in [0.4, 0.5) is 0 Å². The van der Waals surface area contributed by atoms with E-state index >= 15 is 0 Å². The molecule has 0 saturated carbocycles. The average Bonchev–Trinajstić information content (AvgIpc) is 2.65. The van der Waals surface area contributed by atoms with Crippen molar-refractivity contribution in [1.82, 2.24) is 5.32 Å². The topological polar surface area (TPSA) is 66.4 Å². The first kappa shape index (κ1) is 23.2. The maximum atomic E-state index is 13.1. The molecule has 0 aliphatic heterocycles. The standard InChI is InChI=1S/C25H37NO3/c1-7-8-9-10-19-22(26-14-15(2)3)24(28)21(25(29)23(19)27)20-13-17(6)11-12-18(20)16(4)5/h13,15,18,20,26,28H,4,7-12,14H2,1-3,5-6H3/t18-,20+/m0/s1. The van der Waals surface area contributed by atoms with Gasteiger partial charge in [0.15, 0.2) is 0 Å². The van der Waals surface area contributed by atoms with Crippen LogP contribution in [0.5, 0.6) is 0 Å².